The highest BCUT2D eigenvalue weighted by atomic mass is 127. The summed E-state index contributed by atoms with van der Waals surface area (Å²) in [5, 5.41) is 12.2. The molecular weight excluding hydrogens is 519 g/mol. The number of halogens is 1. The Morgan fingerprint density at radius 3 is 2.44 bits per heavy atom. The van der Waals surface area contributed by atoms with Crippen LogP contribution in [0.4, 0.5) is 16.2 Å². The molecule has 0 radical (unpaired) electrons. The van der Waals surface area contributed by atoms with Crippen molar-refractivity contribution in [3.8, 4) is 0 Å². The maximum absolute atomic E-state index is 12.4. The second kappa shape index (κ2) is 12.3. The number of anilines is 2. The Morgan fingerprint density at radius 2 is 1.81 bits per heavy atom. The largest absolute Gasteiger partial charge is 0.352 e. The molecule has 1 saturated heterocycles. The summed E-state index contributed by atoms with van der Waals surface area (Å²) in [7, 11) is 1.71. The number of guanidine groups is 1. The predicted octanol–water partition coefficient (Wildman–Crippen LogP) is 3.31. The van der Waals surface area contributed by atoms with Crippen LogP contribution in [0, 0.1) is 0 Å². The number of hydrogen-bond donors (Lipinski definition) is 4. The first-order valence-corrected chi connectivity index (χ1v) is 10.4. The SMILES string of the molecule is CN=C(NCc1ccc(NC(=O)NC(C)C)cc1)NC1CC(=O)N(c2ccccc2)C1.I. The molecule has 1 fully saturated rings. The average molecular weight is 550 g/mol. The number of hydrogen-bond acceptors (Lipinski definition) is 3. The van der Waals surface area contributed by atoms with E-state index in [9.17, 15) is 9.59 Å². The van der Waals surface area contributed by atoms with Crippen molar-refractivity contribution in [1.29, 1.82) is 0 Å². The van der Waals surface area contributed by atoms with E-state index >= 15 is 0 Å². The van der Waals surface area contributed by atoms with Crippen molar-refractivity contribution in [2.75, 3.05) is 23.8 Å². The first-order chi connectivity index (χ1) is 14.9. The van der Waals surface area contributed by atoms with Crippen LogP contribution in [0.3, 0.4) is 0 Å². The van der Waals surface area contributed by atoms with Crippen molar-refractivity contribution in [3.05, 3.63) is 60.2 Å². The van der Waals surface area contributed by atoms with E-state index in [0.29, 0.717) is 25.5 Å². The molecule has 1 unspecified atom stereocenters. The smallest absolute Gasteiger partial charge is 0.319 e. The Bertz CT molecular complexity index is 918. The Balaban J connectivity index is 0.00000363. The van der Waals surface area contributed by atoms with Gasteiger partial charge in [0.1, 0.15) is 0 Å². The topological polar surface area (TPSA) is 97.9 Å². The Morgan fingerprint density at radius 1 is 1.12 bits per heavy atom. The highest BCUT2D eigenvalue weighted by Crippen LogP contribution is 2.21. The summed E-state index contributed by atoms with van der Waals surface area (Å²) < 4.78 is 0. The number of carbonyl (C=O) groups is 2. The fourth-order valence-electron chi connectivity index (χ4n) is 3.37. The van der Waals surface area contributed by atoms with Gasteiger partial charge >= 0.3 is 6.03 Å². The van der Waals surface area contributed by atoms with E-state index in [2.05, 4.69) is 26.3 Å². The third kappa shape index (κ3) is 7.40. The van der Waals surface area contributed by atoms with Gasteiger partial charge in [-0.15, -0.1) is 24.0 Å². The predicted molar refractivity (Wildman–Crippen MR) is 140 cm³/mol. The van der Waals surface area contributed by atoms with Gasteiger partial charge in [-0.3, -0.25) is 9.79 Å². The number of urea groups is 1. The Kier molecular flexibility index (Phi) is 9.76. The minimum Gasteiger partial charge on any atom is -0.352 e. The summed E-state index contributed by atoms with van der Waals surface area (Å²) in [6.45, 7) is 5.00. The van der Waals surface area contributed by atoms with Gasteiger partial charge in [0.2, 0.25) is 5.91 Å². The number of para-hydroxylation sites is 1. The standard InChI is InChI=1S/C23H30N6O2.HI/c1-16(2)26-23(31)28-18-11-9-17(10-12-18)14-25-22(24-3)27-19-13-21(30)29(15-19)20-7-5-4-6-8-20;/h4-12,16,19H,13-15H2,1-3H3,(H2,24,25,27)(H2,26,28,31);1H. The Labute approximate surface area is 206 Å². The first kappa shape index (κ1) is 25.4. The molecule has 32 heavy (non-hydrogen) atoms. The zero-order valence-electron chi connectivity index (χ0n) is 18.6. The summed E-state index contributed by atoms with van der Waals surface area (Å²) >= 11 is 0. The molecule has 0 bridgehead atoms. The number of rotatable bonds is 6. The number of benzene rings is 2. The van der Waals surface area contributed by atoms with Gasteiger partial charge < -0.3 is 26.2 Å². The molecule has 0 spiro atoms. The van der Waals surface area contributed by atoms with Crippen LogP contribution in [-0.4, -0.2) is 43.6 Å². The number of carbonyl (C=O) groups excluding carboxylic acids is 2. The lowest BCUT2D eigenvalue weighted by Gasteiger charge is -2.19. The number of amides is 3. The van der Waals surface area contributed by atoms with Gasteiger partial charge in [-0.25, -0.2) is 4.79 Å². The van der Waals surface area contributed by atoms with E-state index in [1.165, 1.54) is 0 Å². The fraction of sp³-hybridized carbons (Fsp3) is 0.348. The van der Waals surface area contributed by atoms with E-state index in [-0.39, 0.29) is 48.0 Å². The summed E-state index contributed by atoms with van der Waals surface area (Å²) in [5.41, 5.74) is 2.69. The van der Waals surface area contributed by atoms with Crippen LogP contribution < -0.4 is 26.2 Å². The van der Waals surface area contributed by atoms with E-state index in [0.717, 1.165) is 16.9 Å². The molecule has 1 aliphatic heterocycles. The molecule has 4 N–H and O–H groups in total. The van der Waals surface area contributed by atoms with Crippen LogP contribution in [-0.2, 0) is 11.3 Å². The van der Waals surface area contributed by atoms with Gasteiger partial charge in [0.25, 0.3) is 0 Å². The normalized spacial score (nSPS) is 15.9. The molecule has 172 valence electrons. The van der Waals surface area contributed by atoms with Gasteiger partial charge in [0.05, 0.1) is 6.04 Å². The summed E-state index contributed by atoms with van der Waals surface area (Å²) in [6.07, 6.45) is 0.425. The molecule has 9 heteroatoms. The first-order valence-electron chi connectivity index (χ1n) is 10.4. The zero-order chi connectivity index (χ0) is 22.2. The summed E-state index contributed by atoms with van der Waals surface area (Å²) in [4.78, 5) is 30.2. The highest BCUT2D eigenvalue weighted by molar-refractivity contribution is 14.0. The van der Waals surface area contributed by atoms with Crippen molar-refractivity contribution >= 4 is 53.2 Å². The van der Waals surface area contributed by atoms with Gasteiger partial charge in [0.15, 0.2) is 5.96 Å². The van der Waals surface area contributed by atoms with Crippen LogP contribution in [0.5, 0.6) is 0 Å². The van der Waals surface area contributed by atoms with Crippen LogP contribution >= 0.6 is 24.0 Å². The van der Waals surface area contributed by atoms with Gasteiger partial charge in [-0.1, -0.05) is 30.3 Å². The summed E-state index contributed by atoms with van der Waals surface area (Å²) in [6, 6.07) is 17.2. The quantitative estimate of drug-likeness (QED) is 0.252. The van der Waals surface area contributed by atoms with Gasteiger partial charge in [0, 0.05) is 44.0 Å². The van der Waals surface area contributed by atoms with Crippen molar-refractivity contribution in [1.82, 2.24) is 16.0 Å². The summed E-state index contributed by atoms with van der Waals surface area (Å²) in [5.74, 6) is 0.745. The number of nitrogens with one attached hydrogen (secondary N) is 4. The molecule has 3 amide bonds. The third-order valence-corrected chi connectivity index (χ3v) is 4.85. The molecule has 1 heterocycles. The minimum atomic E-state index is -0.221. The zero-order valence-corrected chi connectivity index (χ0v) is 20.9. The van der Waals surface area contributed by atoms with Gasteiger partial charge in [-0.2, -0.15) is 0 Å². The minimum absolute atomic E-state index is 0. The molecule has 2 aromatic rings. The van der Waals surface area contributed by atoms with Crippen LogP contribution in [0.2, 0.25) is 0 Å². The van der Waals surface area contributed by atoms with Crippen molar-refractivity contribution in [3.63, 3.8) is 0 Å². The van der Waals surface area contributed by atoms with Crippen LogP contribution in [0.15, 0.2) is 59.6 Å². The second-order valence-electron chi connectivity index (χ2n) is 7.76. The second-order valence-corrected chi connectivity index (χ2v) is 7.76. The number of aliphatic imine (C=N–C) groups is 1. The molecule has 0 saturated carbocycles. The Hall–Kier alpha value is -2.82. The van der Waals surface area contributed by atoms with E-state index in [4.69, 9.17) is 0 Å². The lowest BCUT2D eigenvalue weighted by molar-refractivity contribution is -0.117. The third-order valence-electron chi connectivity index (χ3n) is 4.85. The monoisotopic (exact) mass is 550 g/mol. The number of nitrogens with zero attached hydrogens (tertiary/aromatic N) is 2. The molecule has 0 aliphatic carbocycles. The molecule has 8 nitrogen and oxygen atoms in total. The molecule has 1 aliphatic rings. The van der Waals surface area contributed by atoms with Crippen molar-refractivity contribution < 1.29 is 9.59 Å². The molecular formula is C23H31IN6O2. The maximum Gasteiger partial charge on any atom is 0.319 e. The van der Waals surface area contributed by atoms with Crippen LogP contribution in [0.1, 0.15) is 25.8 Å². The lowest BCUT2D eigenvalue weighted by atomic mass is 10.2. The fourth-order valence-corrected chi connectivity index (χ4v) is 3.37. The van der Waals surface area contributed by atoms with Crippen molar-refractivity contribution in [2.24, 2.45) is 4.99 Å². The molecule has 0 aromatic heterocycles. The van der Waals surface area contributed by atoms with E-state index in [1.54, 1.807) is 11.9 Å². The molecule has 2 aromatic carbocycles. The van der Waals surface area contributed by atoms with E-state index < -0.39 is 0 Å². The average Bonchev–Trinajstić information content (AvgIpc) is 3.12. The van der Waals surface area contributed by atoms with Crippen LogP contribution in [0.25, 0.3) is 0 Å². The van der Waals surface area contributed by atoms with Gasteiger partial charge in [-0.05, 0) is 43.7 Å². The molecule has 1 atom stereocenters. The molecule has 3 rings (SSSR count). The van der Waals surface area contributed by atoms with Crippen molar-refractivity contribution in [2.45, 2.75) is 38.9 Å². The maximum atomic E-state index is 12.4. The highest BCUT2D eigenvalue weighted by Gasteiger charge is 2.31. The van der Waals surface area contributed by atoms with E-state index in [1.807, 2.05) is 68.4 Å². The lowest BCUT2D eigenvalue weighted by Crippen LogP contribution is -2.44.